The molecule has 2 aromatic carbocycles. The van der Waals surface area contributed by atoms with Gasteiger partial charge in [0.1, 0.15) is 5.75 Å². The molecule has 136 valence electrons. The highest BCUT2D eigenvalue weighted by Crippen LogP contribution is 2.22. The van der Waals surface area contributed by atoms with Crippen LogP contribution in [-0.2, 0) is 21.2 Å². The van der Waals surface area contributed by atoms with Crippen LogP contribution < -0.4 is 9.46 Å². The minimum absolute atomic E-state index is 0.0342. The van der Waals surface area contributed by atoms with Crippen molar-refractivity contribution >= 4 is 10.0 Å². The van der Waals surface area contributed by atoms with Gasteiger partial charge in [0.2, 0.25) is 10.0 Å². The van der Waals surface area contributed by atoms with Crippen LogP contribution in [0.3, 0.4) is 0 Å². The molecule has 1 atom stereocenters. The molecule has 0 aliphatic heterocycles. The Morgan fingerprint density at radius 3 is 2.28 bits per heavy atom. The number of rotatable bonds is 10. The summed E-state index contributed by atoms with van der Waals surface area (Å²) in [6.45, 7) is 0.534. The molecule has 0 radical (unpaired) electrons. The number of sulfonamides is 1. The largest absolute Gasteiger partial charge is 0.497 e. The quantitative estimate of drug-likeness (QED) is 0.705. The van der Waals surface area contributed by atoms with E-state index in [2.05, 4.69) is 4.72 Å². The van der Waals surface area contributed by atoms with Crippen LogP contribution in [0.2, 0.25) is 0 Å². The summed E-state index contributed by atoms with van der Waals surface area (Å²) in [4.78, 5) is 0. The van der Waals surface area contributed by atoms with E-state index in [1.54, 1.807) is 7.11 Å². The van der Waals surface area contributed by atoms with Crippen LogP contribution in [0, 0.1) is 0 Å². The van der Waals surface area contributed by atoms with Gasteiger partial charge < -0.3 is 9.47 Å². The predicted molar refractivity (Wildman–Crippen MR) is 99.5 cm³/mol. The Morgan fingerprint density at radius 1 is 1.00 bits per heavy atom. The summed E-state index contributed by atoms with van der Waals surface area (Å²) < 4.78 is 36.9. The third kappa shape index (κ3) is 6.49. The fraction of sp³-hybridized carbons (Fsp3) is 0.368. The van der Waals surface area contributed by atoms with Gasteiger partial charge in [-0.2, -0.15) is 0 Å². The fourth-order valence-corrected chi connectivity index (χ4v) is 3.56. The molecule has 0 fully saturated rings. The van der Waals surface area contributed by atoms with Gasteiger partial charge in [0, 0.05) is 19.6 Å². The second-order valence-electron chi connectivity index (χ2n) is 5.82. The third-order valence-corrected chi connectivity index (χ3v) is 5.33. The van der Waals surface area contributed by atoms with Gasteiger partial charge in [0.25, 0.3) is 0 Å². The molecule has 0 amide bonds. The summed E-state index contributed by atoms with van der Waals surface area (Å²) in [6, 6.07) is 17.8. The van der Waals surface area contributed by atoms with Gasteiger partial charge >= 0.3 is 0 Å². The molecular weight excluding hydrogens is 338 g/mol. The van der Waals surface area contributed by atoms with Crippen molar-refractivity contribution in [1.29, 1.82) is 0 Å². The summed E-state index contributed by atoms with van der Waals surface area (Å²) in [5.74, 6) is 0.820. The van der Waals surface area contributed by atoms with E-state index < -0.39 is 10.0 Å². The van der Waals surface area contributed by atoms with Gasteiger partial charge in [-0.05, 0) is 29.7 Å². The topological polar surface area (TPSA) is 64.6 Å². The van der Waals surface area contributed by atoms with Crippen LogP contribution >= 0.6 is 0 Å². The lowest BCUT2D eigenvalue weighted by molar-refractivity contribution is 0.217. The highest BCUT2D eigenvalue weighted by atomic mass is 32.2. The van der Waals surface area contributed by atoms with Gasteiger partial charge in [-0.25, -0.2) is 13.1 Å². The second-order valence-corrected chi connectivity index (χ2v) is 7.75. The first-order chi connectivity index (χ1) is 12.0. The molecule has 0 bridgehead atoms. The van der Waals surface area contributed by atoms with E-state index in [-0.39, 0.29) is 18.3 Å². The van der Waals surface area contributed by atoms with Gasteiger partial charge in [-0.1, -0.05) is 42.5 Å². The SMILES string of the molecule is COCCS(=O)(=O)NCC(Cc1ccc(OC)cc1)c1ccccc1. The van der Waals surface area contributed by atoms with Crippen molar-refractivity contribution in [2.45, 2.75) is 12.3 Å². The zero-order chi connectivity index (χ0) is 18.1. The van der Waals surface area contributed by atoms with Crippen molar-refractivity contribution in [1.82, 2.24) is 4.72 Å². The van der Waals surface area contributed by atoms with Crippen LogP contribution in [0.1, 0.15) is 17.0 Å². The Morgan fingerprint density at radius 2 is 1.68 bits per heavy atom. The summed E-state index contributed by atoms with van der Waals surface area (Å²) in [6.07, 6.45) is 0.737. The zero-order valence-electron chi connectivity index (χ0n) is 14.6. The van der Waals surface area contributed by atoms with Crippen molar-refractivity contribution in [2.75, 3.05) is 33.1 Å². The molecule has 0 aliphatic carbocycles. The van der Waals surface area contributed by atoms with Crippen LogP contribution in [0.15, 0.2) is 54.6 Å². The first-order valence-electron chi connectivity index (χ1n) is 8.18. The van der Waals surface area contributed by atoms with Crippen molar-refractivity contribution in [3.8, 4) is 5.75 Å². The smallest absolute Gasteiger partial charge is 0.213 e. The lowest BCUT2D eigenvalue weighted by Crippen LogP contribution is -2.32. The molecule has 6 heteroatoms. The van der Waals surface area contributed by atoms with E-state index in [4.69, 9.17) is 9.47 Å². The molecule has 0 heterocycles. The lowest BCUT2D eigenvalue weighted by atomic mass is 9.92. The number of methoxy groups -OCH3 is 2. The molecule has 2 rings (SSSR count). The molecule has 0 aromatic heterocycles. The van der Waals surface area contributed by atoms with Crippen LogP contribution in [0.25, 0.3) is 0 Å². The van der Waals surface area contributed by atoms with Crippen LogP contribution in [-0.4, -0.2) is 41.5 Å². The van der Waals surface area contributed by atoms with Gasteiger partial charge in [0.15, 0.2) is 0 Å². The van der Waals surface area contributed by atoms with E-state index in [0.717, 1.165) is 23.3 Å². The highest BCUT2D eigenvalue weighted by Gasteiger charge is 2.17. The number of benzene rings is 2. The van der Waals surface area contributed by atoms with Crippen LogP contribution in [0.5, 0.6) is 5.75 Å². The first-order valence-corrected chi connectivity index (χ1v) is 9.83. The Bertz CT molecular complexity index is 730. The van der Waals surface area contributed by atoms with E-state index >= 15 is 0 Å². The number of nitrogens with one attached hydrogen (secondary N) is 1. The Labute approximate surface area is 150 Å². The molecule has 1 N–H and O–H groups in total. The average molecular weight is 363 g/mol. The number of hydrogen-bond acceptors (Lipinski definition) is 4. The maximum Gasteiger partial charge on any atom is 0.213 e. The van der Waals surface area contributed by atoms with E-state index in [0.29, 0.717) is 6.54 Å². The summed E-state index contributed by atoms with van der Waals surface area (Å²) in [7, 11) is -0.217. The average Bonchev–Trinajstić information content (AvgIpc) is 2.65. The molecule has 0 saturated carbocycles. The minimum Gasteiger partial charge on any atom is -0.497 e. The highest BCUT2D eigenvalue weighted by molar-refractivity contribution is 7.89. The monoisotopic (exact) mass is 363 g/mol. The first kappa shape index (κ1) is 19.4. The minimum atomic E-state index is -3.34. The summed E-state index contributed by atoms with van der Waals surface area (Å²) in [5, 5.41) is 0. The van der Waals surface area contributed by atoms with E-state index in [9.17, 15) is 8.42 Å². The Balaban J connectivity index is 2.10. The van der Waals surface area contributed by atoms with Crippen molar-refractivity contribution in [3.05, 3.63) is 65.7 Å². The normalized spacial score (nSPS) is 12.7. The maximum absolute atomic E-state index is 12.1. The zero-order valence-corrected chi connectivity index (χ0v) is 15.5. The van der Waals surface area contributed by atoms with Crippen molar-refractivity contribution in [3.63, 3.8) is 0 Å². The third-order valence-electron chi connectivity index (χ3n) is 4.02. The predicted octanol–water partition coefficient (Wildman–Crippen LogP) is 2.59. The van der Waals surface area contributed by atoms with Gasteiger partial charge in [-0.3, -0.25) is 0 Å². The molecule has 0 spiro atoms. The molecule has 0 saturated heterocycles. The van der Waals surface area contributed by atoms with Crippen LogP contribution in [0.4, 0.5) is 0 Å². The Kier molecular flexibility index (Phi) is 7.43. The summed E-state index contributed by atoms with van der Waals surface area (Å²) >= 11 is 0. The number of hydrogen-bond donors (Lipinski definition) is 1. The molecule has 25 heavy (non-hydrogen) atoms. The van der Waals surface area contributed by atoms with Gasteiger partial charge in [0.05, 0.1) is 19.5 Å². The lowest BCUT2D eigenvalue weighted by Gasteiger charge is -2.19. The molecule has 1 unspecified atom stereocenters. The van der Waals surface area contributed by atoms with Crippen molar-refractivity contribution < 1.29 is 17.9 Å². The fourth-order valence-electron chi connectivity index (χ4n) is 2.57. The van der Waals surface area contributed by atoms with Crippen molar-refractivity contribution in [2.24, 2.45) is 0 Å². The maximum atomic E-state index is 12.1. The van der Waals surface area contributed by atoms with Gasteiger partial charge in [-0.15, -0.1) is 0 Å². The standard InChI is InChI=1S/C19H25NO4S/c1-23-12-13-25(21,22)20-15-18(17-6-4-3-5-7-17)14-16-8-10-19(24-2)11-9-16/h3-11,18,20H,12-15H2,1-2H3. The Hall–Kier alpha value is -1.89. The second kappa shape index (κ2) is 9.56. The molecule has 5 nitrogen and oxygen atoms in total. The van der Waals surface area contributed by atoms with E-state index in [1.165, 1.54) is 7.11 Å². The molecular formula is C19H25NO4S. The molecule has 0 aliphatic rings. The molecule has 2 aromatic rings. The number of ether oxygens (including phenoxy) is 2. The van der Waals surface area contributed by atoms with E-state index in [1.807, 2.05) is 54.6 Å². The summed E-state index contributed by atoms with van der Waals surface area (Å²) in [5.41, 5.74) is 2.23.